The van der Waals surface area contributed by atoms with Gasteiger partial charge in [-0.15, -0.1) is 0 Å². The zero-order valence-electron chi connectivity index (χ0n) is 15.6. The summed E-state index contributed by atoms with van der Waals surface area (Å²) in [5.41, 5.74) is 0. The molecule has 0 spiro atoms. The first-order valence-corrected chi connectivity index (χ1v) is 9.60. The summed E-state index contributed by atoms with van der Waals surface area (Å²) in [4.78, 5) is 20.8. The Hall–Kier alpha value is -1.49. The first kappa shape index (κ1) is 23.5. The van der Waals surface area contributed by atoms with Gasteiger partial charge in [0.25, 0.3) is 0 Å². The summed E-state index contributed by atoms with van der Waals surface area (Å²) < 4.78 is 0. The molecule has 0 saturated heterocycles. The molecular weight excluding hydrogens is 318 g/mol. The average Bonchev–Trinajstić information content (AvgIpc) is 2.59. The van der Waals surface area contributed by atoms with Gasteiger partial charge < -0.3 is 5.11 Å². The molecule has 0 aromatic carbocycles. The van der Waals surface area contributed by atoms with E-state index >= 15 is 0 Å². The Morgan fingerprint density at radius 3 is 2.16 bits per heavy atom. The predicted octanol–water partition coefficient (Wildman–Crippen LogP) is 4.92. The van der Waals surface area contributed by atoms with Gasteiger partial charge in [0.05, 0.1) is 0 Å². The molecule has 1 radical (unpaired) electrons. The van der Waals surface area contributed by atoms with Crippen molar-refractivity contribution in [3.8, 4) is 0 Å². The summed E-state index contributed by atoms with van der Waals surface area (Å²) in [5.74, 6) is 0. The van der Waals surface area contributed by atoms with Gasteiger partial charge in [0, 0.05) is 17.8 Å². The fourth-order valence-electron chi connectivity index (χ4n) is 2.57. The highest BCUT2D eigenvalue weighted by molar-refractivity contribution is 5.50. The second kappa shape index (κ2) is 17.3. The first-order chi connectivity index (χ1) is 12.1. The van der Waals surface area contributed by atoms with E-state index in [-0.39, 0.29) is 11.3 Å². The third-order valence-corrected chi connectivity index (χ3v) is 4.18. The molecule has 0 aliphatic rings. The zero-order chi connectivity index (χ0) is 18.8. The average molecular weight is 352 g/mol. The van der Waals surface area contributed by atoms with E-state index < -0.39 is 12.1 Å². The molecule has 0 aliphatic heterocycles. The molecule has 2 atom stereocenters. The summed E-state index contributed by atoms with van der Waals surface area (Å²) in [6, 6.07) is -0.945. The van der Waals surface area contributed by atoms with Crippen LogP contribution in [-0.4, -0.2) is 28.5 Å². The number of hydrogen-bond donors (Lipinski definition) is 1. The number of unbranched alkanes of at least 4 members (excludes halogenated alkanes) is 8. The van der Waals surface area contributed by atoms with Crippen molar-refractivity contribution in [3.63, 3.8) is 0 Å². The third kappa shape index (κ3) is 14.6. The molecule has 0 amide bonds. The van der Waals surface area contributed by atoms with Gasteiger partial charge in [-0.05, 0) is 38.5 Å². The van der Waals surface area contributed by atoms with Crippen molar-refractivity contribution in [1.29, 1.82) is 0 Å². The van der Waals surface area contributed by atoms with E-state index in [0.717, 1.165) is 44.9 Å². The molecule has 0 rings (SSSR count). The van der Waals surface area contributed by atoms with Crippen LogP contribution in [0.1, 0.15) is 84.0 Å². The molecule has 0 aliphatic carbocycles. The molecule has 0 saturated carbocycles. The second-order valence-corrected chi connectivity index (χ2v) is 6.43. The van der Waals surface area contributed by atoms with E-state index in [4.69, 9.17) is 0 Å². The number of nitrogens with zero attached hydrogens (tertiary/aromatic N) is 1. The van der Waals surface area contributed by atoms with Crippen molar-refractivity contribution in [2.45, 2.75) is 96.1 Å². The quantitative estimate of drug-likeness (QED) is 0.174. The van der Waals surface area contributed by atoms with Crippen molar-refractivity contribution < 1.29 is 14.8 Å². The third-order valence-electron chi connectivity index (χ3n) is 4.18. The van der Waals surface area contributed by atoms with E-state index in [2.05, 4.69) is 6.92 Å². The van der Waals surface area contributed by atoms with Crippen LogP contribution in [0.15, 0.2) is 24.3 Å². The van der Waals surface area contributed by atoms with Crippen LogP contribution in [0, 0.1) is 10.1 Å². The minimum Gasteiger partial charge on any atom is -0.386 e. The lowest BCUT2D eigenvalue weighted by Crippen LogP contribution is -2.32. The minimum absolute atomic E-state index is 0.262. The maximum absolute atomic E-state index is 11.1. The number of aliphatic hydroxyl groups is 1. The van der Waals surface area contributed by atoms with E-state index in [1.54, 1.807) is 6.08 Å². The van der Waals surface area contributed by atoms with E-state index in [1.165, 1.54) is 12.8 Å². The maximum Gasteiger partial charge on any atom is 0.242 e. The molecule has 0 heterocycles. The number of hydrogen-bond acceptors (Lipinski definition) is 4. The molecule has 1 N–H and O–H groups in total. The summed E-state index contributed by atoms with van der Waals surface area (Å²) in [5, 5.41) is 21.2. The van der Waals surface area contributed by atoms with Crippen molar-refractivity contribution in [2.24, 2.45) is 0 Å². The Morgan fingerprint density at radius 1 is 0.960 bits per heavy atom. The summed E-state index contributed by atoms with van der Waals surface area (Å²) in [7, 11) is 0. The summed E-state index contributed by atoms with van der Waals surface area (Å²) >= 11 is 0. The normalized spacial score (nSPS) is 14.2. The molecule has 0 aromatic heterocycles. The number of aliphatic hydroxyl groups excluding tert-OH is 1. The molecule has 0 fully saturated rings. The molecule has 143 valence electrons. The van der Waals surface area contributed by atoms with Gasteiger partial charge in [-0.3, -0.25) is 14.9 Å². The Balaban J connectivity index is 3.97. The van der Waals surface area contributed by atoms with Crippen LogP contribution in [-0.2, 0) is 4.79 Å². The van der Waals surface area contributed by atoms with Crippen LogP contribution >= 0.6 is 0 Å². The summed E-state index contributed by atoms with van der Waals surface area (Å²) in [6.07, 6.45) is 19.0. The first-order valence-electron chi connectivity index (χ1n) is 9.60. The standard InChI is InChI=1S/C20H34NO4/c1-2-3-4-5-11-14-17-20(23)19(21(24)25)16-13-10-8-6-7-9-12-15-18-22/h10-11,13-14,19-20,23H,2-9,12,15-17H2,1H3/b13-10-,14-11-. The highest BCUT2D eigenvalue weighted by Crippen LogP contribution is 2.11. The van der Waals surface area contributed by atoms with Crippen molar-refractivity contribution in [3.05, 3.63) is 34.4 Å². The Morgan fingerprint density at radius 2 is 1.56 bits per heavy atom. The van der Waals surface area contributed by atoms with Gasteiger partial charge in [0.15, 0.2) is 6.29 Å². The van der Waals surface area contributed by atoms with E-state index in [9.17, 15) is 20.0 Å². The van der Waals surface area contributed by atoms with Crippen molar-refractivity contribution in [2.75, 3.05) is 0 Å². The molecule has 0 bridgehead atoms. The molecule has 5 heteroatoms. The van der Waals surface area contributed by atoms with Crippen LogP contribution in [0.4, 0.5) is 0 Å². The van der Waals surface area contributed by atoms with Gasteiger partial charge >= 0.3 is 0 Å². The monoisotopic (exact) mass is 352 g/mol. The predicted molar refractivity (Wildman–Crippen MR) is 102 cm³/mol. The topological polar surface area (TPSA) is 80.4 Å². The smallest absolute Gasteiger partial charge is 0.242 e. The summed E-state index contributed by atoms with van der Waals surface area (Å²) in [6.45, 7) is 2.15. The highest BCUT2D eigenvalue weighted by Gasteiger charge is 2.27. The SMILES string of the molecule is CCCCC/C=C\CC(O)C(C/C=C\CCCCCC[C]=O)[N+](=O)[O-]. The number of nitro groups is 1. The Bertz CT molecular complexity index is 393. The lowest BCUT2D eigenvalue weighted by Gasteiger charge is -2.12. The molecule has 2 unspecified atom stereocenters. The lowest BCUT2D eigenvalue weighted by atomic mass is 10.0. The second-order valence-electron chi connectivity index (χ2n) is 6.43. The largest absolute Gasteiger partial charge is 0.386 e. The van der Waals surface area contributed by atoms with Crippen LogP contribution in [0.25, 0.3) is 0 Å². The fourth-order valence-corrected chi connectivity index (χ4v) is 2.57. The molecule has 25 heavy (non-hydrogen) atoms. The molecule has 0 aromatic rings. The number of allylic oxidation sites excluding steroid dienone is 2. The fraction of sp³-hybridized carbons (Fsp3) is 0.750. The van der Waals surface area contributed by atoms with Crippen molar-refractivity contribution in [1.82, 2.24) is 0 Å². The van der Waals surface area contributed by atoms with Gasteiger partial charge in [-0.25, -0.2) is 0 Å². The van der Waals surface area contributed by atoms with Crippen LogP contribution in [0.2, 0.25) is 0 Å². The van der Waals surface area contributed by atoms with Crippen LogP contribution < -0.4 is 0 Å². The van der Waals surface area contributed by atoms with Crippen LogP contribution in [0.3, 0.4) is 0 Å². The number of carbonyl (C=O) groups excluding carboxylic acids is 1. The van der Waals surface area contributed by atoms with Gasteiger partial charge in [-0.1, -0.05) is 56.9 Å². The zero-order valence-corrected chi connectivity index (χ0v) is 15.6. The van der Waals surface area contributed by atoms with Gasteiger partial charge in [0.2, 0.25) is 6.04 Å². The minimum atomic E-state index is -0.945. The number of rotatable bonds is 17. The van der Waals surface area contributed by atoms with Gasteiger partial charge in [-0.2, -0.15) is 0 Å². The van der Waals surface area contributed by atoms with E-state index in [0.29, 0.717) is 12.8 Å². The maximum atomic E-state index is 11.1. The molecular formula is C20H34NO4. The van der Waals surface area contributed by atoms with Crippen molar-refractivity contribution >= 4 is 6.29 Å². The lowest BCUT2D eigenvalue weighted by molar-refractivity contribution is -0.533. The van der Waals surface area contributed by atoms with Gasteiger partial charge in [0.1, 0.15) is 6.10 Å². The Labute approximate surface area is 152 Å². The van der Waals surface area contributed by atoms with Crippen LogP contribution in [0.5, 0.6) is 0 Å². The molecule has 5 nitrogen and oxygen atoms in total. The Kier molecular flexibility index (Phi) is 16.3. The highest BCUT2D eigenvalue weighted by atomic mass is 16.6. The van der Waals surface area contributed by atoms with E-state index in [1.807, 2.05) is 24.5 Å².